The number of anilines is 1. The van der Waals surface area contributed by atoms with E-state index in [0.29, 0.717) is 16.1 Å². The second-order valence-electron chi connectivity index (χ2n) is 7.43. The smallest absolute Gasteiger partial charge is 0.264 e. The number of nitrogens with zero attached hydrogens (tertiary/aromatic N) is 3. The van der Waals surface area contributed by atoms with E-state index in [-0.39, 0.29) is 30.2 Å². The van der Waals surface area contributed by atoms with E-state index in [0.717, 1.165) is 37.0 Å². The zero-order valence-corrected chi connectivity index (χ0v) is 16.7. The Labute approximate surface area is 173 Å². The molecule has 1 atom stereocenters. The summed E-state index contributed by atoms with van der Waals surface area (Å²) in [5.41, 5.74) is 0.898. The summed E-state index contributed by atoms with van der Waals surface area (Å²) in [5.74, 6) is -0.848. The number of imide groups is 1. The Morgan fingerprint density at radius 2 is 1.83 bits per heavy atom. The molecule has 29 heavy (non-hydrogen) atoms. The zero-order valence-electron chi connectivity index (χ0n) is 15.9. The molecule has 2 aliphatic rings. The average Bonchev–Trinajstić information content (AvgIpc) is 3.38. The molecule has 2 heterocycles. The Bertz CT molecular complexity index is 956. The Balaban J connectivity index is 1.65. The van der Waals surface area contributed by atoms with Crippen LogP contribution in [0.25, 0.3) is 0 Å². The van der Waals surface area contributed by atoms with Crippen LogP contribution in [0.2, 0.25) is 0 Å². The Hall–Kier alpha value is -2.98. The maximum Gasteiger partial charge on any atom is 0.264 e. The van der Waals surface area contributed by atoms with Crippen LogP contribution in [-0.4, -0.2) is 34.7 Å². The Morgan fingerprint density at radius 1 is 1.10 bits per heavy atom. The van der Waals surface area contributed by atoms with Crippen molar-refractivity contribution in [1.29, 1.82) is 5.26 Å². The van der Waals surface area contributed by atoms with Gasteiger partial charge in [-0.3, -0.25) is 14.4 Å². The molecule has 1 aromatic heterocycles. The molecule has 0 N–H and O–H groups in total. The van der Waals surface area contributed by atoms with Crippen molar-refractivity contribution in [3.63, 3.8) is 0 Å². The van der Waals surface area contributed by atoms with Crippen molar-refractivity contribution in [1.82, 2.24) is 4.90 Å². The summed E-state index contributed by atoms with van der Waals surface area (Å²) in [6.07, 6.45) is 4.87. The molecule has 0 radical (unpaired) electrons. The minimum Gasteiger partial charge on any atom is -0.322 e. The van der Waals surface area contributed by atoms with E-state index in [2.05, 4.69) is 0 Å². The highest BCUT2D eigenvalue weighted by molar-refractivity contribution is 7.12. The van der Waals surface area contributed by atoms with Gasteiger partial charge in [0.25, 0.3) is 11.8 Å². The molecule has 2 aromatic rings. The van der Waals surface area contributed by atoms with E-state index in [1.165, 1.54) is 11.3 Å². The third-order valence-electron chi connectivity index (χ3n) is 5.65. The molecular weight excluding hydrogens is 386 g/mol. The second-order valence-corrected chi connectivity index (χ2v) is 8.38. The largest absolute Gasteiger partial charge is 0.322 e. The van der Waals surface area contributed by atoms with Crippen LogP contribution in [0.1, 0.15) is 53.8 Å². The first-order valence-electron chi connectivity index (χ1n) is 9.83. The molecule has 1 saturated carbocycles. The lowest BCUT2D eigenvalue weighted by Crippen LogP contribution is -2.51. The third-order valence-corrected chi connectivity index (χ3v) is 6.51. The highest BCUT2D eigenvalue weighted by atomic mass is 32.1. The highest BCUT2D eigenvalue weighted by Gasteiger charge is 2.46. The molecule has 3 amide bonds. The van der Waals surface area contributed by atoms with Crippen molar-refractivity contribution in [3.05, 3.63) is 52.2 Å². The number of hydrogen-bond acceptors (Lipinski definition) is 5. The normalized spacial score (nSPS) is 20.0. The SMILES string of the molecule is N#Cc1ccc(N2C(=O)CC(N(C(=O)c3cccs3)C3CCCCC3)C2=O)cc1. The fourth-order valence-corrected chi connectivity index (χ4v) is 4.91. The summed E-state index contributed by atoms with van der Waals surface area (Å²) in [6.45, 7) is 0. The van der Waals surface area contributed by atoms with Crippen molar-refractivity contribution in [2.45, 2.75) is 50.6 Å². The van der Waals surface area contributed by atoms with Crippen molar-refractivity contribution in [3.8, 4) is 6.07 Å². The molecule has 1 aromatic carbocycles. The van der Waals surface area contributed by atoms with Crippen LogP contribution in [0.15, 0.2) is 41.8 Å². The van der Waals surface area contributed by atoms with E-state index in [4.69, 9.17) is 5.26 Å². The lowest BCUT2D eigenvalue weighted by Gasteiger charge is -2.37. The number of amides is 3. The molecular formula is C22H21N3O3S. The number of carbonyl (C=O) groups is 3. The number of thiophene rings is 1. The minimum absolute atomic E-state index is 0.00749. The first-order valence-corrected chi connectivity index (χ1v) is 10.7. The molecule has 0 bridgehead atoms. The maximum absolute atomic E-state index is 13.3. The number of carbonyl (C=O) groups excluding carboxylic acids is 3. The molecule has 148 valence electrons. The molecule has 7 heteroatoms. The zero-order chi connectivity index (χ0) is 20.4. The van der Waals surface area contributed by atoms with Gasteiger partial charge >= 0.3 is 0 Å². The van der Waals surface area contributed by atoms with E-state index in [1.54, 1.807) is 35.2 Å². The van der Waals surface area contributed by atoms with Crippen LogP contribution >= 0.6 is 11.3 Å². The van der Waals surface area contributed by atoms with Crippen LogP contribution in [-0.2, 0) is 9.59 Å². The van der Waals surface area contributed by atoms with Crippen LogP contribution in [0.5, 0.6) is 0 Å². The summed E-state index contributed by atoms with van der Waals surface area (Å²) in [7, 11) is 0. The van der Waals surface area contributed by atoms with Gasteiger partial charge in [-0.2, -0.15) is 5.26 Å². The maximum atomic E-state index is 13.3. The molecule has 2 fully saturated rings. The monoisotopic (exact) mass is 407 g/mol. The molecule has 1 saturated heterocycles. The average molecular weight is 407 g/mol. The van der Waals surface area contributed by atoms with Crippen LogP contribution in [0, 0.1) is 11.3 Å². The second kappa shape index (κ2) is 8.18. The number of rotatable bonds is 4. The van der Waals surface area contributed by atoms with Crippen molar-refractivity contribution < 1.29 is 14.4 Å². The van der Waals surface area contributed by atoms with Crippen LogP contribution in [0.3, 0.4) is 0 Å². The van der Waals surface area contributed by atoms with Gasteiger partial charge in [0.1, 0.15) is 6.04 Å². The molecule has 1 aliphatic carbocycles. The predicted octanol–water partition coefficient (Wildman–Crippen LogP) is 3.73. The molecule has 6 nitrogen and oxygen atoms in total. The quantitative estimate of drug-likeness (QED) is 0.723. The Morgan fingerprint density at radius 3 is 2.45 bits per heavy atom. The summed E-state index contributed by atoms with van der Waals surface area (Å²) in [5, 5.41) is 10.8. The molecule has 4 rings (SSSR count). The van der Waals surface area contributed by atoms with Gasteiger partial charge in [0.2, 0.25) is 5.91 Å². The molecule has 0 spiro atoms. The fraction of sp³-hybridized carbons (Fsp3) is 0.364. The number of nitriles is 1. The minimum atomic E-state index is -0.782. The van der Waals surface area contributed by atoms with Gasteiger partial charge in [-0.15, -0.1) is 11.3 Å². The highest BCUT2D eigenvalue weighted by Crippen LogP contribution is 2.32. The van der Waals surface area contributed by atoms with Gasteiger partial charge < -0.3 is 4.90 Å². The molecule has 1 aliphatic heterocycles. The van der Waals surface area contributed by atoms with Crippen molar-refractivity contribution in [2.75, 3.05) is 4.90 Å². The van der Waals surface area contributed by atoms with Gasteiger partial charge in [0.05, 0.1) is 28.6 Å². The first kappa shape index (κ1) is 19.3. The number of hydrogen-bond donors (Lipinski definition) is 0. The summed E-state index contributed by atoms with van der Waals surface area (Å²) in [6, 6.07) is 11.2. The van der Waals surface area contributed by atoms with Gasteiger partial charge in [-0.1, -0.05) is 25.3 Å². The fourth-order valence-electron chi connectivity index (χ4n) is 4.24. The van der Waals surface area contributed by atoms with E-state index >= 15 is 0 Å². The van der Waals surface area contributed by atoms with Crippen LogP contribution in [0.4, 0.5) is 5.69 Å². The number of benzene rings is 1. The lowest BCUT2D eigenvalue weighted by atomic mass is 9.92. The summed E-state index contributed by atoms with van der Waals surface area (Å²) >= 11 is 1.35. The van der Waals surface area contributed by atoms with E-state index < -0.39 is 6.04 Å². The Kier molecular flexibility index (Phi) is 5.45. The van der Waals surface area contributed by atoms with Gasteiger partial charge in [0.15, 0.2) is 0 Å². The topological polar surface area (TPSA) is 81.5 Å². The third kappa shape index (κ3) is 3.68. The van der Waals surface area contributed by atoms with E-state index in [9.17, 15) is 14.4 Å². The summed E-state index contributed by atoms with van der Waals surface area (Å²) in [4.78, 5) is 42.7. The van der Waals surface area contributed by atoms with Gasteiger partial charge in [-0.05, 0) is 48.6 Å². The van der Waals surface area contributed by atoms with Crippen molar-refractivity contribution in [2.24, 2.45) is 0 Å². The van der Waals surface area contributed by atoms with Crippen LogP contribution < -0.4 is 4.90 Å². The first-order chi connectivity index (χ1) is 14.1. The van der Waals surface area contributed by atoms with Gasteiger partial charge in [-0.25, -0.2) is 4.90 Å². The lowest BCUT2D eigenvalue weighted by molar-refractivity contribution is -0.123. The summed E-state index contributed by atoms with van der Waals surface area (Å²) < 4.78 is 0. The standard InChI is InChI=1S/C22H21N3O3S/c23-14-15-8-10-17(11-9-15)25-20(26)13-18(21(25)27)24(16-5-2-1-3-6-16)22(28)19-7-4-12-29-19/h4,7-12,16,18H,1-3,5-6,13H2. The van der Waals surface area contributed by atoms with Gasteiger partial charge in [0, 0.05) is 6.04 Å². The van der Waals surface area contributed by atoms with E-state index in [1.807, 2.05) is 17.5 Å². The predicted molar refractivity (Wildman–Crippen MR) is 109 cm³/mol. The van der Waals surface area contributed by atoms with Crippen molar-refractivity contribution >= 4 is 34.7 Å². The molecule has 1 unspecified atom stereocenters.